The third-order valence-electron chi connectivity index (χ3n) is 10.2. The van der Waals surface area contributed by atoms with E-state index in [0.717, 1.165) is 24.8 Å². The average molecular weight is 359 g/mol. The molecule has 1 heterocycles. The molecule has 9 atom stereocenters. The van der Waals surface area contributed by atoms with Crippen LogP contribution in [0.15, 0.2) is 11.6 Å². The molecule has 26 heavy (non-hydrogen) atoms. The molecule has 0 aromatic heterocycles. The Kier molecular flexibility index (Phi) is 3.96. The quantitative estimate of drug-likeness (QED) is 0.705. The monoisotopic (exact) mass is 358 g/mol. The maximum atomic E-state index is 11.6. The highest BCUT2D eigenvalue weighted by Crippen LogP contribution is 2.68. The van der Waals surface area contributed by atoms with Crippen molar-refractivity contribution in [3.8, 4) is 0 Å². The first-order valence-corrected chi connectivity index (χ1v) is 11.2. The lowest BCUT2D eigenvalue weighted by Gasteiger charge is -2.59. The molecule has 5 rings (SSSR count). The summed E-state index contributed by atoms with van der Waals surface area (Å²) < 4.78 is 0. The second-order valence-corrected chi connectivity index (χ2v) is 10.7. The summed E-state index contributed by atoms with van der Waals surface area (Å²) in [7, 11) is 4.40. The highest BCUT2D eigenvalue weighted by Gasteiger charge is 2.67. The van der Waals surface area contributed by atoms with E-state index in [1.54, 1.807) is 5.57 Å². The van der Waals surface area contributed by atoms with Gasteiger partial charge in [0, 0.05) is 24.0 Å². The highest BCUT2D eigenvalue weighted by atomic mass is 16.3. The first-order valence-electron chi connectivity index (χ1n) is 11.2. The van der Waals surface area contributed by atoms with Crippen molar-refractivity contribution in [2.75, 3.05) is 20.6 Å². The Hall–Kier alpha value is -0.380. The Morgan fingerprint density at radius 3 is 2.73 bits per heavy atom. The summed E-state index contributed by atoms with van der Waals surface area (Å²) >= 11 is 0. The van der Waals surface area contributed by atoms with E-state index in [4.69, 9.17) is 0 Å². The molecule has 5 aliphatic rings. The molecule has 1 spiro atoms. The van der Waals surface area contributed by atoms with Crippen molar-refractivity contribution in [1.29, 1.82) is 0 Å². The molecule has 4 aliphatic carbocycles. The molecule has 0 unspecified atom stereocenters. The first-order chi connectivity index (χ1) is 12.4. The summed E-state index contributed by atoms with van der Waals surface area (Å²) in [6.45, 7) is 6.07. The Morgan fingerprint density at radius 1 is 1.19 bits per heavy atom. The number of allylic oxidation sites excluding steroid dienone is 1. The molecule has 146 valence electrons. The SMILES string of the molecule is CN[C@H]1CC[C@@]2(C)C(=CC[C@H]3[C@@H]4CC[C@@H]5[C@H](C)N(C)C[C@@]54[C@H](O)C[C@@H]32)C1. The van der Waals surface area contributed by atoms with Crippen LogP contribution in [0.25, 0.3) is 0 Å². The molecule has 4 fully saturated rings. The van der Waals surface area contributed by atoms with E-state index in [2.05, 4.69) is 44.2 Å². The maximum absolute atomic E-state index is 11.6. The van der Waals surface area contributed by atoms with Crippen molar-refractivity contribution < 1.29 is 5.11 Å². The number of rotatable bonds is 1. The fourth-order valence-corrected chi connectivity index (χ4v) is 8.67. The number of likely N-dealkylation sites (tertiary alicyclic amines) is 1. The summed E-state index contributed by atoms with van der Waals surface area (Å²) in [5, 5.41) is 15.1. The van der Waals surface area contributed by atoms with Gasteiger partial charge in [-0.25, -0.2) is 0 Å². The fourth-order valence-electron chi connectivity index (χ4n) is 8.67. The zero-order chi connectivity index (χ0) is 18.3. The van der Waals surface area contributed by atoms with Crippen molar-refractivity contribution in [1.82, 2.24) is 10.2 Å². The minimum Gasteiger partial charge on any atom is -0.392 e. The topological polar surface area (TPSA) is 35.5 Å². The standard InChI is InChI=1S/C23H38N2O/c1-14-18-7-8-19-17-6-5-15-11-16(24-3)9-10-22(15,2)20(17)12-21(26)23(18,19)13-25(14)4/h5,14,16-21,24,26H,6-13H2,1-4H3/t14-,16-,17-,18+,19-,20-,21+,22-,23+/m0/s1. The second-order valence-electron chi connectivity index (χ2n) is 10.7. The van der Waals surface area contributed by atoms with Gasteiger partial charge in [0.25, 0.3) is 0 Å². The minimum absolute atomic E-state index is 0.0909. The van der Waals surface area contributed by atoms with Gasteiger partial charge in [-0.15, -0.1) is 0 Å². The van der Waals surface area contributed by atoms with Crippen LogP contribution in [0.3, 0.4) is 0 Å². The van der Waals surface area contributed by atoms with Gasteiger partial charge in [-0.3, -0.25) is 0 Å². The number of fused-ring (bicyclic) bond motifs is 4. The van der Waals surface area contributed by atoms with Gasteiger partial charge in [-0.05, 0) is 95.1 Å². The largest absolute Gasteiger partial charge is 0.392 e. The molecule has 0 aromatic carbocycles. The van der Waals surface area contributed by atoms with Gasteiger partial charge in [0.15, 0.2) is 0 Å². The predicted octanol–water partition coefficient (Wildman–Crippen LogP) is 3.44. The number of nitrogens with one attached hydrogen (secondary N) is 1. The number of aliphatic hydroxyl groups excluding tert-OH is 1. The molecule has 0 bridgehead atoms. The van der Waals surface area contributed by atoms with E-state index < -0.39 is 0 Å². The number of aliphatic hydroxyl groups is 1. The van der Waals surface area contributed by atoms with Crippen LogP contribution in [-0.2, 0) is 0 Å². The normalized spacial score (nSPS) is 56.3. The van der Waals surface area contributed by atoms with Gasteiger partial charge >= 0.3 is 0 Å². The molecule has 0 amide bonds. The fraction of sp³-hybridized carbons (Fsp3) is 0.913. The van der Waals surface area contributed by atoms with Crippen molar-refractivity contribution in [3.05, 3.63) is 11.6 Å². The lowest BCUT2D eigenvalue weighted by molar-refractivity contribution is -0.125. The third-order valence-corrected chi connectivity index (χ3v) is 10.2. The van der Waals surface area contributed by atoms with Crippen LogP contribution in [0.5, 0.6) is 0 Å². The van der Waals surface area contributed by atoms with Gasteiger partial charge in [0.1, 0.15) is 0 Å². The molecule has 0 radical (unpaired) electrons. The van der Waals surface area contributed by atoms with Crippen LogP contribution < -0.4 is 5.32 Å². The molecule has 0 aromatic rings. The van der Waals surface area contributed by atoms with Crippen molar-refractivity contribution in [2.45, 2.75) is 77.0 Å². The van der Waals surface area contributed by atoms with E-state index in [9.17, 15) is 5.11 Å². The highest BCUT2D eigenvalue weighted by molar-refractivity contribution is 5.27. The van der Waals surface area contributed by atoms with Gasteiger partial charge in [-0.2, -0.15) is 0 Å². The average Bonchev–Trinajstić information content (AvgIpc) is 3.12. The third kappa shape index (κ3) is 2.06. The van der Waals surface area contributed by atoms with E-state index in [1.807, 2.05) is 0 Å². The predicted molar refractivity (Wildman–Crippen MR) is 106 cm³/mol. The van der Waals surface area contributed by atoms with Crippen LogP contribution in [0.1, 0.15) is 58.8 Å². The minimum atomic E-state index is -0.0909. The van der Waals surface area contributed by atoms with Crippen LogP contribution in [0.2, 0.25) is 0 Å². The van der Waals surface area contributed by atoms with Gasteiger partial charge < -0.3 is 15.3 Å². The van der Waals surface area contributed by atoms with Crippen molar-refractivity contribution >= 4 is 0 Å². The zero-order valence-electron chi connectivity index (χ0n) is 17.2. The summed E-state index contributed by atoms with van der Waals surface area (Å²) in [5.74, 6) is 2.96. The first kappa shape index (κ1) is 17.7. The van der Waals surface area contributed by atoms with Crippen LogP contribution in [0, 0.1) is 34.5 Å². The smallest absolute Gasteiger partial charge is 0.0617 e. The maximum Gasteiger partial charge on any atom is 0.0617 e. The van der Waals surface area contributed by atoms with E-state index in [1.165, 1.54) is 38.5 Å². The van der Waals surface area contributed by atoms with E-state index in [-0.39, 0.29) is 11.5 Å². The molecule has 1 aliphatic heterocycles. The number of hydrogen-bond donors (Lipinski definition) is 2. The lowest BCUT2D eigenvalue weighted by Crippen LogP contribution is -2.58. The Balaban J connectivity index is 1.50. The zero-order valence-corrected chi connectivity index (χ0v) is 17.2. The number of hydrogen-bond acceptors (Lipinski definition) is 3. The molecule has 3 nitrogen and oxygen atoms in total. The van der Waals surface area contributed by atoms with E-state index >= 15 is 0 Å². The van der Waals surface area contributed by atoms with Gasteiger partial charge in [0.05, 0.1) is 6.10 Å². The van der Waals surface area contributed by atoms with Gasteiger partial charge in [-0.1, -0.05) is 18.6 Å². The summed E-state index contributed by atoms with van der Waals surface area (Å²) in [6.07, 6.45) is 11.4. The molecule has 2 N–H and O–H groups in total. The summed E-state index contributed by atoms with van der Waals surface area (Å²) in [6, 6.07) is 1.30. The Labute approximate surface area is 159 Å². The second kappa shape index (κ2) is 5.81. The molecular weight excluding hydrogens is 320 g/mol. The number of nitrogens with zero attached hydrogens (tertiary/aromatic N) is 1. The van der Waals surface area contributed by atoms with Crippen molar-refractivity contribution in [3.63, 3.8) is 0 Å². The molecule has 3 heteroatoms. The Morgan fingerprint density at radius 2 is 1.96 bits per heavy atom. The Bertz CT molecular complexity index is 617. The van der Waals surface area contributed by atoms with Gasteiger partial charge in [0.2, 0.25) is 0 Å². The molecular formula is C23H38N2O. The molecule has 3 saturated carbocycles. The van der Waals surface area contributed by atoms with Crippen LogP contribution >= 0.6 is 0 Å². The summed E-state index contributed by atoms with van der Waals surface area (Å²) in [5.41, 5.74) is 2.24. The molecule has 1 saturated heterocycles. The van der Waals surface area contributed by atoms with Crippen LogP contribution in [-0.4, -0.2) is 48.8 Å². The van der Waals surface area contributed by atoms with E-state index in [0.29, 0.717) is 29.3 Å². The lowest BCUT2D eigenvalue weighted by atomic mass is 9.46. The van der Waals surface area contributed by atoms with Crippen LogP contribution in [0.4, 0.5) is 0 Å². The summed E-state index contributed by atoms with van der Waals surface area (Å²) in [4.78, 5) is 2.55. The van der Waals surface area contributed by atoms with Crippen molar-refractivity contribution in [2.24, 2.45) is 34.5 Å².